The van der Waals surface area contributed by atoms with Crippen LogP contribution >= 0.6 is 11.6 Å². The van der Waals surface area contributed by atoms with Crippen LogP contribution in [-0.2, 0) is 4.79 Å². The van der Waals surface area contributed by atoms with Crippen molar-refractivity contribution in [3.05, 3.63) is 41.8 Å². The summed E-state index contributed by atoms with van der Waals surface area (Å²) in [5.41, 5.74) is 0.784. The number of anilines is 2. The standard InChI is InChI=1S/C15H13ClF2N4O2/c16-14-19-8-11(24-15(17)18)13(20-14)21-6-7-22(12(23)9-21)10-4-2-1-3-5-10/h1-5,8,15H,6-7,9H2. The number of rotatable bonds is 4. The molecule has 1 aliphatic rings. The number of carbonyl (C=O) groups is 1. The summed E-state index contributed by atoms with van der Waals surface area (Å²) < 4.78 is 29.5. The number of halogens is 3. The van der Waals surface area contributed by atoms with Gasteiger partial charge in [0.05, 0.1) is 12.7 Å². The molecule has 0 atom stereocenters. The Morgan fingerprint density at radius 1 is 1.21 bits per heavy atom. The SMILES string of the molecule is O=C1CN(c2nc(Cl)ncc2OC(F)F)CCN1c1ccccc1. The molecule has 24 heavy (non-hydrogen) atoms. The Morgan fingerprint density at radius 2 is 1.96 bits per heavy atom. The fourth-order valence-electron chi connectivity index (χ4n) is 2.48. The number of para-hydroxylation sites is 1. The molecule has 0 bridgehead atoms. The molecule has 1 aromatic heterocycles. The van der Waals surface area contributed by atoms with E-state index in [2.05, 4.69) is 14.7 Å². The number of hydrogen-bond donors (Lipinski definition) is 0. The van der Waals surface area contributed by atoms with Crippen molar-refractivity contribution < 1.29 is 18.3 Å². The van der Waals surface area contributed by atoms with Gasteiger partial charge in [0.1, 0.15) is 0 Å². The molecule has 0 aliphatic carbocycles. The molecule has 9 heteroatoms. The van der Waals surface area contributed by atoms with Gasteiger partial charge in [-0.05, 0) is 23.7 Å². The van der Waals surface area contributed by atoms with Gasteiger partial charge in [0.2, 0.25) is 11.2 Å². The molecule has 1 fully saturated rings. The zero-order chi connectivity index (χ0) is 17.1. The summed E-state index contributed by atoms with van der Waals surface area (Å²) in [4.78, 5) is 23.2. The number of carbonyl (C=O) groups excluding carboxylic acids is 1. The Morgan fingerprint density at radius 3 is 2.62 bits per heavy atom. The van der Waals surface area contributed by atoms with Crippen molar-refractivity contribution >= 4 is 29.0 Å². The molecule has 0 spiro atoms. The first-order valence-electron chi connectivity index (χ1n) is 7.12. The van der Waals surface area contributed by atoms with E-state index >= 15 is 0 Å². The van der Waals surface area contributed by atoms with Crippen molar-refractivity contribution in [2.45, 2.75) is 6.61 Å². The van der Waals surface area contributed by atoms with E-state index in [1.54, 1.807) is 9.80 Å². The van der Waals surface area contributed by atoms with Gasteiger partial charge in [-0.3, -0.25) is 4.79 Å². The third-order valence-corrected chi connectivity index (χ3v) is 3.69. The van der Waals surface area contributed by atoms with Crippen LogP contribution in [0.2, 0.25) is 5.28 Å². The molecule has 6 nitrogen and oxygen atoms in total. The van der Waals surface area contributed by atoms with Crippen molar-refractivity contribution in [1.82, 2.24) is 9.97 Å². The molecule has 1 aromatic carbocycles. The van der Waals surface area contributed by atoms with Crippen LogP contribution in [0.4, 0.5) is 20.3 Å². The summed E-state index contributed by atoms with van der Waals surface area (Å²) >= 11 is 5.75. The molecule has 2 heterocycles. The predicted octanol–water partition coefficient (Wildman–Crippen LogP) is 2.58. The average Bonchev–Trinajstić information content (AvgIpc) is 2.57. The Labute approximate surface area is 141 Å². The predicted molar refractivity (Wildman–Crippen MR) is 84.7 cm³/mol. The lowest BCUT2D eigenvalue weighted by atomic mass is 10.2. The van der Waals surface area contributed by atoms with Crippen LogP contribution in [0.3, 0.4) is 0 Å². The van der Waals surface area contributed by atoms with E-state index in [-0.39, 0.29) is 29.3 Å². The second-order valence-electron chi connectivity index (χ2n) is 5.01. The highest BCUT2D eigenvalue weighted by atomic mass is 35.5. The third kappa shape index (κ3) is 3.53. The highest BCUT2D eigenvalue weighted by Gasteiger charge is 2.28. The quantitative estimate of drug-likeness (QED) is 0.790. The minimum atomic E-state index is -3.02. The van der Waals surface area contributed by atoms with Crippen LogP contribution in [0.15, 0.2) is 36.5 Å². The zero-order valence-electron chi connectivity index (χ0n) is 12.4. The molecule has 1 saturated heterocycles. The highest BCUT2D eigenvalue weighted by molar-refractivity contribution is 6.28. The lowest BCUT2D eigenvalue weighted by Crippen LogP contribution is -2.51. The van der Waals surface area contributed by atoms with E-state index in [4.69, 9.17) is 11.6 Å². The normalized spacial score (nSPS) is 15.1. The molecule has 1 aliphatic heterocycles. The minimum Gasteiger partial charge on any atom is -0.429 e. The van der Waals surface area contributed by atoms with Gasteiger partial charge in [-0.1, -0.05) is 18.2 Å². The Hall–Kier alpha value is -2.48. The van der Waals surface area contributed by atoms with E-state index in [1.165, 1.54) is 0 Å². The lowest BCUT2D eigenvalue weighted by Gasteiger charge is -2.35. The fourth-order valence-corrected chi connectivity index (χ4v) is 2.61. The molecule has 0 unspecified atom stereocenters. The molecule has 126 valence electrons. The topological polar surface area (TPSA) is 58.6 Å². The molecule has 0 saturated carbocycles. The summed E-state index contributed by atoms with van der Waals surface area (Å²) in [7, 11) is 0. The molecule has 0 radical (unpaired) electrons. The van der Waals surface area contributed by atoms with Crippen molar-refractivity contribution in [1.29, 1.82) is 0 Å². The molecule has 0 N–H and O–H groups in total. The molecule has 2 aromatic rings. The van der Waals surface area contributed by atoms with Crippen LogP contribution in [0.25, 0.3) is 0 Å². The van der Waals surface area contributed by atoms with Gasteiger partial charge < -0.3 is 14.5 Å². The number of hydrogen-bond acceptors (Lipinski definition) is 5. The van der Waals surface area contributed by atoms with Crippen molar-refractivity contribution in [2.24, 2.45) is 0 Å². The first kappa shape index (κ1) is 16.4. The van der Waals surface area contributed by atoms with Gasteiger partial charge in [-0.2, -0.15) is 13.8 Å². The number of nitrogens with zero attached hydrogens (tertiary/aromatic N) is 4. The van der Waals surface area contributed by atoms with Crippen LogP contribution in [-0.4, -0.2) is 42.1 Å². The van der Waals surface area contributed by atoms with Crippen LogP contribution < -0.4 is 14.5 Å². The van der Waals surface area contributed by atoms with Crippen molar-refractivity contribution in [2.75, 3.05) is 29.4 Å². The maximum Gasteiger partial charge on any atom is 0.387 e. The van der Waals surface area contributed by atoms with E-state index in [1.807, 2.05) is 30.3 Å². The van der Waals surface area contributed by atoms with Crippen LogP contribution in [0.5, 0.6) is 5.75 Å². The summed E-state index contributed by atoms with van der Waals surface area (Å²) in [5.74, 6) is -0.308. The van der Waals surface area contributed by atoms with E-state index in [0.717, 1.165) is 11.9 Å². The summed E-state index contributed by atoms with van der Waals surface area (Å²) in [5, 5.41) is -0.107. The highest BCUT2D eigenvalue weighted by Crippen LogP contribution is 2.29. The smallest absolute Gasteiger partial charge is 0.387 e. The van der Waals surface area contributed by atoms with E-state index in [9.17, 15) is 13.6 Å². The molecular weight excluding hydrogens is 342 g/mol. The first-order chi connectivity index (χ1) is 11.5. The zero-order valence-corrected chi connectivity index (χ0v) is 13.2. The maximum absolute atomic E-state index is 12.5. The summed E-state index contributed by atoms with van der Waals surface area (Å²) in [6.07, 6.45) is 1.07. The summed E-state index contributed by atoms with van der Waals surface area (Å²) in [6, 6.07) is 9.21. The lowest BCUT2D eigenvalue weighted by molar-refractivity contribution is -0.117. The largest absolute Gasteiger partial charge is 0.429 e. The number of aromatic nitrogens is 2. The third-order valence-electron chi connectivity index (χ3n) is 3.51. The average molecular weight is 355 g/mol. The van der Waals surface area contributed by atoms with Gasteiger partial charge in [0, 0.05) is 18.8 Å². The number of ether oxygens (including phenoxy) is 1. The van der Waals surface area contributed by atoms with Gasteiger partial charge in [-0.15, -0.1) is 0 Å². The number of benzene rings is 1. The van der Waals surface area contributed by atoms with Gasteiger partial charge in [0.15, 0.2) is 11.6 Å². The molecule has 1 amide bonds. The van der Waals surface area contributed by atoms with Gasteiger partial charge in [-0.25, -0.2) is 4.98 Å². The molecular formula is C15H13ClF2N4O2. The van der Waals surface area contributed by atoms with Crippen molar-refractivity contribution in [3.63, 3.8) is 0 Å². The Kier molecular flexibility index (Phi) is 4.75. The number of piperazine rings is 1. The monoisotopic (exact) mass is 354 g/mol. The van der Waals surface area contributed by atoms with Gasteiger partial charge in [0.25, 0.3) is 0 Å². The van der Waals surface area contributed by atoms with E-state index in [0.29, 0.717) is 13.1 Å². The Bertz CT molecular complexity index is 733. The van der Waals surface area contributed by atoms with Gasteiger partial charge >= 0.3 is 6.61 Å². The maximum atomic E-state index is 12.5. The van der Waals surface area contributed by atoms with Crippen molar-refractivity contribution in [3.8, 4) is 5.75 Å². The van der Waals surface area contributed by atoms with Crippen LogP contribution in [0, 0.1) is 0 Å². The molecule has 3 rings (SSSR count). The minimum absolute atomic E-state index is 0.0260. The van der Waals surface area contributed by atoms with Crippen LogP contribution in [0.1, 0.15) is 0 Å². The summed E-state index contributed by atoms with van der Waals surface area (Å²) in [6.45, 7) is -2.26. The second-order valence-corrected chi connectivity index (χ2v) is 5.35. The number of alkyl halides is 2. The second kappa shape index (κ2) is 6.96. The number of amides is 1. The fraction of sp³-hybridized carbons (Fsp3) is 0.267. The van der Waals surface area contributed by atoms with E-state index < -0.39 is 6.61 Å². The Balaban J connectivity index is 1.81. The first-order valence-corrected chi connectivity index (χ1v) is 7.50.